The maximum atomic E-state index is 10.7. The fraction of sp³-hybridized carbons (Fsp3) is 0.857. The zero-order valence-electron chi connectivity index (χ0n) is 6.84. The molecular formula is C7H14O3. The first-order valence-corrected chi connectivity index (χ1v) is 3.15. The number of carbonyl (C=O) groups excluding carboxylic acids is 1. The number of aliphatic hydroxyl groups excluding tert-OH is 1. The Kier molecular flexibility index (Phi) is 2.84. The van der Waals surface area contributed by atoms with Crippen LogP contribution in [-0.4, -0.2) is 24.3 Å². The Balaban J connectivity index is 4.08. The van der Waals surface area contributed by atoms with Crippen molar-refractivity contribution in [1.82, 2.24) is 0 Å². The van der Waals surface area contributed by atoms with Crippen LogP contribution in [0, 0.1) is 5.41 Å². The molecule has 0 aliphatic rings. The predicted octanol–water partition coefficient (Wildman–Crippen LogP) is 0.566. The number of rotatable bonds is 1. The normalized spacial score (nSPS) is 14.5. The molecule has 60 valence electrons. The lowest BCUT2D eigenvalue weighted by Gasteiger charge is -2.22. The van der Waals surface area contributed by atoms with Gasteiger partial charge in [0.15, 0.2) is 6.10 Å². The maximum absolute atomic E-state index is 10.7. The van der Waals surface area contributed by atoms with E-state index in [9.17, 15) is 9.90 Å². The number of methoxy groups -OCH3 is 1. The molecule has 0 fully saturated rings. The first-order valence-electron chi connectivity index (χ1n) is 3.15. The van der Waals surface area contributed by atoms with Crippen LogP contribution in [0.1, 0.15) is 20.8 Å². The number of hydrogen-bond donors (Lipinski definition) is 1. The van der Waals surface area contributed by atoms with Crippen molar-refractivity contribution < 1.29 is 14.6 Å². The first-order chi connectivity index (χ1) is 4.39. The molecule has 1 N–H and O–H groups in total. The average molecular weight is 146 g/mol. The maximum Gasteiger partial charge on any atom is 0.335 e. The molecule has 10 heavy (non-hydrogen) atoms. The van der Waals surface area contributed by atoms with Crippen LogP contribution in [0.4, 0.5) is 0 Å². The lowest BCUT2D eigenvalue weighted by Crippen LogP contribution is -2.34. The van der Waals surface area contributed by atoms with Gasteiger partial charge in [-0.2, -0.15) is 0 Å². The van der Waals surface area contributed by atoms with Crippen molar-refractivity contribution in [3.05, 3.63) is 0 Å². The first kappa shape index (κ1) is 9.43. The van der Waals surface area contributed by atoms with Gasteiger partial charge in [0.1, 0.15) is 0 Å². The van der Waals surface area contributed by atoms with Gasteiger partial charge in [0, 0.05) is 0 Å². The third-order valence-electron chi connectivity index (χ3n) is 1.24. The third-order valence-corrected chi connectivity index (χ3v) is 1.24. The molecule has 0 aliphatic heterocycles. The minimum absolute atomic E-state index is 0.437. The molecule has 0 heterocycles. The highest BCUT2D eigenvalue weighted by atomic mass is 16.5. The van der Waals surface area contributed by atoms with Crippen molar-refractivity contribution >= 4 is 5.97 Å². The Morgan fingerprint density at radius 2 is 1.90 bits per heavy atom. The van der Waals surface area contributed by atoms with E-state index in [4.69, 9.17) is 0 Å². The Labute approximate surface area is 61.0 Å². The molecule has 0 radical (unpaired) electrons. The summed E-state index contributed by atoms with van der Waals surface area (Å²) in [6, 6.07) is 0. The minimum atomic E-state index is -1.03. The van der Waals surface area contributed by atoms with Gasteiger partial charge in [-0.25, -0.2) is 4.79 Å². The standard InChI is InChI=1S/C7H14O3/c1-7(2,3)5(8)6(9)10-4/h5,8H,1-4H3/t5-/m1/s1. The zero-order valence-corrected chi connectivity index (χ0v) is 6.84. The van der Waals surface area contributed by atoms with Crippen LogP contribution in [0.15, 0.2) is 0 Å². The number of ether oxygens (including phenoxy) is 1. The fourth-order valence-electron chi connectivity index (χ4n) is 0.465. The number of carbonyl (C=O) groups is 1. The van der Waals surface area contributed by atoms with Gasteiger partial charge < -0.3 is 9.84 Å². The van der Waals surface area contributed by atoms with Gasteiger partial charge >= 0.3 is 5.97 Å². The monoisotopic (exact) mass is 146 g/mol. The van der Waals surface area contributed by atoms with E-state index in [-0.39, 0.29) is 0 Å². The highest BCUT2D eigenvalue weighted by molar-refractivity contribution is 5.75. The van der Waals surface area contributed by atoms with E-state index in [1.54, 1.807) is 20.8 Å². The minimum Gasteiger partial charge on any atom is -0.467 e. The summed E-state index contributed by atoms with van der Waals surface area (Å²) in [6.45, 7) is 5.32. The summed E-state index contributed by atoms with van der Waals surface area (Å²) in [7, 11) is 1.26. The molecule has 0 saturated carbocycles. The van der Waals surface area contributed by atoms with E-state index < -0.39 is 17.5 Å². The van der Waals surface area contributed by atoms with Gasteiger partial charge in [0.05, 0.1) is 7.11 Å². The molecule has 0 spiro atoms. The second kappa shape index (κ2) is 3.01. The molecular weight excluding hydrogens is 132 g/mol. The summed E-state index contributed by atoms with van der Waals surface area (Å²) < 4.78 is 4.35. The highest BCUT2D eigenvalue weighted by Crippen LogP contribution is 2.19. The smallest absolute Gasteiger partial charge is 0.335 e. The summed E-state index contributed by atoms with van der Waals surface area (Å²) in [5.41, 5.74) is -0.437. The Hall–Kier alpha value is -0.570. The summed E-state index contributed by atoms with van der Waals surface area (Å²) >= 11 is 0. The van der Waals surface area contributed by atoms with Crippen LogP contribution in [0.5, 0.6) is 0 Å². The van der Waals surface area contributed by atoms with Crippen molar-refractivity contribution in [2.75, 3.05) is 7.11 Å². The molecule has 0 bridgehead atoms. The number of esters is 1. The molecule has 0 aromatic rings. The van der Waals surface area contributed by atoms with Crippen LogP contribution in [-0.2, 0) is 9.53 Å². The molecule has 0 amide bonds. The van der Waals surface area contributed by atoms with Gasteiger partial charge in [-0.05, 0) is 5.41 Å². The summed E-state index contributed by atoms with van der Waals surface area (Å²) in [6.07, 6.45) is -1.03. The van der Waals surface area contributed by atoms with E-state index in [0.29, 0.717) is 0 Å². The molecule has 0 unspecified atom stereocenters. The Bertz CT molecular complexity index is 123. The van der Waals surface area contributed by atoms with Gasteiger partial charge in [0.2, 0.25) is 0 Å². The second-order valence-corrected chi connectivity index (χ2v) is 3.29. The summed E-state index contributed by atoms with van der Waals surface area (Å²) in [5.74, 6) is -0.576. The quantitative estimate of drug-likeness (QED) is 0.550. The lowest BCUT2D eigenvalue weighted by atomic mass is 9.89. The molecule has 0 aromatic heterocycles. The lowest BCUT2D eigenvalue weighted by molar-refractivity contribution is -0.156. The molecule has 0 aliphatic carbocycles. The van der Waals surface area contributed by atoms with Crippen LogP contribution in [0.25, 0.3) is 0 Å². The van der Waals surface area contributed by atoms with Gasteiger partial charge in [-0.3, -0.25) is 0 Å². The Morgan fingerprint density at radius 1 is 1.50 bits per heavy atom. The highest BCUT2D eigenvalue weighted by Gasteiger charge is 2.29. The second-order valence-electron chi connectivity index (χ2n) is 3.29. The van der Waals surface area contributed by atoms with Crippen LogP contribution in [0.3, 0.4) is 0 Å². The fourth-order valence-corrected chi connectivity index (χ4v) is 0.465. The van der Waals surface area contributed by atoms with E-state index >= 15 is 0 Å². The summed E-state index contributed by atoms with van der Waals surface area (Å²) in [5, 5.41) is 9.18. The number of hydrogen-bond acceptors (Lipinski definition) is 3. The largest absolute Gasteiger partial charge is 0.467 e. The average Bonchev–Trinajstić information content (AvgIpc) is 1.83. The predicted molar refractivity (Wildman–Crippen MR) is 37.5 cm³/mol. The van der Waals surface area contributed by atoms with E-state index in [1.807, 2.05) is 0 Å². The van der Waals surface area contributed by atoms with Crippen molar-refractivity contribution in [3.63, 3.8) is 0 Å². The van der Waals surface area contributed by atoms with Crippen LogP contribution < -0.4 is 0 Å². The topological polar surface area (TPSA) is 46.5 Å². The molecule has 3 nitrogen and oxygen atoms in total. The zero-order chi connectivity index (χ0) is 8.36. The van der Waals surface area contributed by atoms with E-state index in [0.717, 1.165) is 0 Å². The van der Waals surface area contributed by atoms with Crippen molar-refractivity contribution in [3.8, 4) is 0 Å². The summed E-state index contributed by atoms with van der Waals surface area (Å²) in [4.78, 5) is 10.7. The molecule has 1 atom stereocenters. The van der Waals surface area contributed by atoms with E-state index in [1.165, 1.54) is 7.11 Å². The van der Waals surface area contributed by atoms with Gasteiger partial charge in [0.25, 0.3) is 0 Å². The van der Waals surface area contributed by atoms with Crippen LogP contribution >= 0.6 is 0 Å². The van der Waals surface area contributed by atoms with Gasteiger partial charge in [-0.15, -0.1) is 0 Å². The molecule has 3 heteroatoms. The third kappa shape index (κ3) is 2.35. The molecule has 0 rings (SSSR count). The molecule has 0 saturated heterocycles. The van der Waals surface area contributed by atoms with Gasteiger partial charge in [-0.1, -0.05) is 20.8 Å². The molecule has 0 aromatic carbocycles. The van der Waals surface area contributed by atoms with Crippen LogP contribution in [0.2, 0.25) is 0 Å². The number of aliphatic hydroxyl groups is 1. The van der Waals surface area contributed by atoms with Crippen molar-refractivity contribution in [2.45, 2.75) is 26.9 Å². The van der Waals surface area contributed by atoms with Crippen molar-refractivity contribution in [2.24, 2.45) is 5.41 Å². The van der Waals surface area contributed by atoms with E-state index in [2.05, 4.69) is 4.74 Å². The van der Waals surface area contributed by atoms with Crippen molar-refractivity contribution in [1.29, 1.82) is 0 Å². The Morgan fingerprint density at radius 3 is 2.00 bits per heavy atom. The SMILES string of the molecule is COC(=O)[C@@H](O)C(C)(C)C.